The van der Waals surface area contributed by atoms with E-state index in [1.807, 2.05) is 36.4 Å². The topological polar surface area (TPSA) is 38.7 Å². The molecule has 0 bridgehead atoms. The van der Waals surface area contributed by atoms with Gasteiger partial charge in [0.05, 0.1) is 15.8 Å². The minimum absolute atomic E-state index is 0.220. The number of hydrogen-bond acceptors (Lipinski definition) is 3. The number of benzene rings is 2. The third-order valence-electron chi connectivity index (χ3n) is 3.95. The highest BCUT2D eigenvalue weighted by molar-refractivity contribution is 6.42. The van der Waals surface area contributed by atoms with E-state index in [0.717, 1.165) is 35.2 Å². The first-order valence-corrected chi connectivity index (χ1v) is 8.10. The molecule has 2 aromatic rings. The van der Waals surface area contributed by atoms with Crippen LogP contribution in [0.5, 0.6) is 0 Å². The maximum absolute atomic E-state index is 11.0. The lowest BCUT2D eigenvalue weighted by Gasteiger charge is -2.26. The average molecular weight is 348 g/mol. The summed E-state index contributed by atoms with van der Waals surface area (Å²) >= 11 is 12.2. The van der Waals surface area contributed by atoms with Crippen LogP contribution >= 0.6 is 23.2 Å². The molecule has 3 nitrogen and oxygen atoms in total. The smallest absolute Gasteiger partial charge is 0.318 e. The molecule has 1 aliphatic rings. The van der Waals surface area contributed by atoms with Crippen molar-refractivity contribution in [1.29, 1.82) is 0 Å². The maximum atomic E-state index is 11.0. The highest BCUT2D eigenvalue weighted by Crippen LogP contribution is 2.38. The number of carbonyl (C=O) groups is 1. The van der Waals surface area contributed by atoms with E-state index in [1.54, 1.807) is 0 Å². The molecule has 1 aliphatic carbocycles. The van der Waals surface area contributed by atoms with Crippen molar-refractivity contribution in [3.05, 3.63) is 69.2 Å². The van der Waals surface area contributed by atoms with Crippen LogP contribution in [-0.4, -0.2) is 11.7 Å². The Labute approximate surface area is 144 Å². The Bertz CT molecular complexity index is 786. The second-order valence-corrected chi connectivity index (χ2v) is 6.29. The fraction of sp³-hybridized carbons (Fsp3) is 0.222. The molecule has 23 heavy (non-hydrogen) atoms. The molecular formula is C18H15Cl2NO2. The summed E-state index contributed by atoms with van der Waals surface area (Å²) in [5.74, 6) is -0.196. The van der Waals surface area contributed by atoms with Crippen molar-refractivity contribution in [3.63, 3.8) is 0 Å². The average Bonchev–Trinajstić information content (AvgIpc) is 2.55. The van der Waals surface area contributed by atoms with Gasteiger partial charge in [0.25, 0.3) is 0 Å². The van der Waals surface area contributed by atoms with Crippen molar-refractivity contribution in [2.45, 2.75) is 25.7 Å². The van der Waals surface area contributed by atoms with Gasteiger partial charge in [-0.1, -0.05) is 58.7 Å². The molecule has 0 aromatic heterocycles. The van der Waals surface area contributed by atoms with E-state index in [4.69, 9.17) is 28.0 Å². The van der Waals surface area contributed by atoms with Gasteiger partial charge in [0, 0.05) is 18.4 Å². The number of oxime groups is 1. The van der Waals surface area contributed by atoms with E-state index in [2.05, 4.69) is 11.2 Å². The molecule has 5 heteroatoms. The van der Waals surface area contributed by atoms with E-state index < -0.39 is 5.97 Å². The predicted octanol–water partition coefficient (Wildman–Crippen LogP) is 5.19. The molecule has 0 amide bonds. The summed E-state index contributed by atoms with van der Waals surface area (Å²) in [4.78, 5) is 15.8. The molecule has 0 unspecified atom stereocenters. The zero-order valence-electron chi connectivity index (χ0n) is 12.6. The van der Waals surface area contributed by atoms with Crippen LogP contribution in [0.2, 0.25) is 10.0 Å². The quantitative estimate of drug-likeness (QED) is 0.554. The second-order valence-electron chi connectivity index (χ2n) is 5.47. The maximum Gasteiger partial charge on any atom is 0.331 e. The predicted molar refractivity (Wildman–Crippen MR) is 92.3 cm³/mol. The highest BCUT2D eigenvalue weighted by atomic mass is 35.5. The third kappa shape index (κ3) is 3.41. The summed E-state index contributed by atoms with van der Waals surface area (Å²) in [6.45, 7) is 1.34. The van der Waals surface area contributed by atoms with Gasteiger partial charge in [-0.2, -0.15) is 0 Å². The van der Waals surface area contributed by atoms with Gasteiger partial charge in [-0.25, -0.2) is 4.79 Å². The van der Waals surface area contributed by atoms with Crippen LogP contribution in [0.1, 0.15) is 42.4 Å². The molecule has 0 radical (unpaired) electrons. The van der Waals surface area contributed by atoms with Gasteiger partial charge in [-0.15, -0.1) is 0 Å². The molecule has 118 valence electrons. The van der Waals surface area contributed by atoms with Gasteiger partial charge >= 0.3 is 5.97 Å². The zero-order chi connectivity index (χ0) is 16.4. The number of fused-ring (bicyclic) bond motifs is 1. The molecule has 0 spiro atoms. The van der Waals surface area contributed by atoms with Crippen molar-refractivity contribution in [1.82, 2.24) is 0 Å². The van der Waals surface area contributed by atoms with Crippen molar-refractivity contribution < 1.29 is 9.63 Å². The number of rotatable bonds is 2. The molecule has 0 fully saturated rings. The lowest BCUT2D eigenvalue weighted by molar-refractivity contribution is -0.140. The second kappa shape index (κ2) is 6.73. The molecule has 1 atom stereocenters. The Balaban J connectivity index is 2.01. The first-order valence-electron chi connectivity index (χ1n) is 7.35. The minimum Gasteiger partial charge on any atom is -0.318 e. The largest absolute Gasteiger partial charge is 0.331 e. The van der Waals surface area contributed by atoms with Crippen LogP contribution in [-0.2, 0) is 9.63 Å². The molecule has 0 aliphatic heterocycles. The summed E-state index contributed by atoms with van der Waals surface area (Å²) in [5, 5.41) is 5.11. The van der Waals surface area contributed by atoms with Crippen LogP contribution in [0.3, 0.4) is 0 Å². The minimum atomic E-state index is -0.415. The summed E-state index contributed by atoms with van der Waals surface area (Å²) < 4.78 is 0. The van der Waals surface area contributed by atoms with Gasteiger partial charge in [0.2, 0.25) is 0 Å². The lowest BCUT2D eigenvalue weighted by atomic mass is 9.78. The molecule has 2 aromatic carbocycles. The van der Waals surface area contributed by atoms with Crippen molar-refractivity contribution in [2.75, 3.05) is 0 Å². The summed E-state index contributed by atoms with van der Waals surface area (Å²) in [5.41, 5.74) is 4.09. The van der Waals surface area contributed by atoms with Gasteiger partial charge in [-0.05, 0) is 36.1 Å². The lowest BCUT2D eigenvalue weighted by Crippen LogP contribution is -2.18. The fourth-order valence-electron chi connectivity index (χ4n) is 2.92. The summed E-state index contributed by atoms with van der Waals surface area (Å²) in [6.07, 6.45) is 1.60. The van der Waals surface area contributed by atoms with E-state index in [0.29, 0.717) is 10.0 Å². The van der Waals surface area contributed by atoms with Crippen molar-refractivity contribution in [2.24, 2.45) is 5.16 Å². The van der Waals surface area contributed by atoms with E-state index >= 15 is 0 Å². The SMILES string of the molecule is CC(=O)O/N=C1/CC[C@@H](c2ccc(Cl)c(Cl)c2)c2ccccc21. The van der Waals surface area contributed by atoms with Crippen LogP contribution < -0.4 is 0 Å². The Morgan fingerprint density at radius 1 is 1.17 bits per heavy atom. The molecular weight excluding hydrogens is 333 g/mol. The van der Waals surface area contributed by atoms with Gasteiger partial charge in [0.1, 0.15) is 0 Å². The number of nitrogens with zero attached hydrogens (tertiary/aromatic N) is 1. The Kier molecular flexibility index (Phi) is 4.69. The molecule has 0 heterocycles. The Morgan fingerprint density at radius 2 is 1.96 bits per heavy atom. The van der Waals surface area contributed by atoms with Crippen LogP contribution in [0.25, 0.3) is 0 Å². The molecule has 3 rings (SSSR count). The molecule has 0 N–H and O–H groups in total. The number of hydrogen-bond donors (Lipinski definition) is 0. The van der Waals surface area contributed by atoms with Gasteiger partial charge in [-0.3, -0.25) is 0 Å². The van der Waals surface area contributed by atoms with Gasteiger partial charge in [0.15, 0.2) is 0 Å². The number of halogens is 2. The Hall–Kier alpha value is -1.84. The van der Waals surface area contributed by atoms with E-state index in [9.17, 15) is 4.79 Å². The monoisotopic (exact) mass is 347 g/mol. The summed E-state index contributed by atoms with van der Waals surface area (Å²) in [7, 11) is 0. The third-order valence-corrected chi connectivity index (χ3v) is 4.69. The van der Waals surface area contributed by atoms with Gasteiger partial charge < -0.3 is 4.84 Å². The van der Waals surface area contributed by atoms with E-state index in [-0.39, 0.29) is 5.92 Å². The highest BCUT2D eigenvalue weighted by Gasteiger charge is 2.26. The van der Waals surface area contributed by atoms with Crippen LogP contribution in [0, 0.1) is 0 Å². The summed E-state index contributed by atoms with van der Waals surface area (Å²) in [6, 6.07) is 13.8. The van der Waals surface area contributed by atoms with Crippen LogP contribution in [0.4, 0.5) is 0 Å². The first kappa shape index (κ1) is 16.0. The standard InChI is InChI=1S/C18H15Cl2NO2/c1-11(22)23-21-18-9-7-13(14-4-2-3-5-15(14)18)12-6-8-16(19)17(20)10-12/h2-6,8,10,13H,7,9H2,1H3/b21-18-/t13-/m0/s1. The molecule has 0 saturated carbocycles. The fourth-order valence-corrected chi connectivity index (χ4v) is 3.23. The molecule has 0 saturated heterocycles. The van der Waals surface area contributed by atoms with Crippen molar-refractivity contribution >= 4 is 34.9 Å². The van der Waals surface area contributed by atoms with E-state index in [1.165, 1.54) is 6.92 Å². The number of carbonyl (C=O) groups excluding carboxylic acids is 1. The Morgan fingerprint density at radius 3 is 2.70 bits per heavy atom. The zero-order valence-corrected chi connectivity index (χ0v) is 14.1. The first-order chi connectivity index (χ1) is 11.1. The normalized spacial score (nSPS) is 18.6. The van der Waals surface area contributed by atoms with Crippen molar-refractivity contribution in [3.8, 4) is 0 Å². The van der Waals surface area contributed by atoms with Crippen LogP contribution in [0.15, 0.2) is 47.6 Å².